The summed E-state index contributed by atoms with van der Waals surface area (Å²) in [5.74, 6) is -2.00. The quantitative estimate of drug-likeness (QED) is 0.908. The number of rotatable bonds is 3. The van der Waals surface area contributed by atoms with Gasteiger partial charge in [0.1, 0.15) is 11.6 Å². The van der Waals surface area contributed by atoms with E-state index in [1.54, 1.807) is 0 Å². The normalized spacial score (nSPS) is 10.4. The highest BCUT2D eigenvalue weighted by Crippen LogP contribution is 2.15. The maximum atomic E-state index is 12.9. The summed E-state index contributed by atoms with van der Waals surface area (Å²) in [5.41, 5.74) is 1.08. The lowest BCUT2D eigenvalue weighted by atomic mass is 10.2. The minimum Gasteiger partial charge on any atom is -0.347 e. The van der Waals surface area contributed by atoms with E-state index in [9.17, 15) is 13.6 Å². The molecule has 0 fully saturated rings. The van der Waals surface area contributed by atoms with E-state index in [2.05, 4.69) is 5.32 Å². The van der Waals surface area contributed by atoms with Crippen molar-refractivity contribution in [3.8, 4) is 0 Å². The molecule has 2 nitrogen and oxygen atoms in total. The number of aryl methyl sites for hydroxylation is 1. The molecule has 0 spiro atoms. The fraction of sp³-hybridized carbons (Fsp3) is 0.154. The predicted octanol–water partition coefficient (Wildman–Crippen LogP) is 3.26. The van der Waals surface area contributed by atoms with Gasteiger partial charge in [0.15, 0.2) is 0 Å². The van der Waals surface area contributed by atoms with Crippen LogP contribution >= 0.6 is 11.3 Å². The topological polar surface area (TPSA) is 29.1 Å². The number of hydrogen-bond donors (Lipinski definition) is 1. The number of carbonyl (C=O) groups excluding carboxylic acids is 1. The van der Waals surface area contributed by atoms with Crippen LogP contribution in [-0.4, -0.2) is 5.91 Å². The van der Waals surface area contributed by atoms with Crippen molar-refractivity contribution in [2.75, 3.05) is 0 Å². The number of carbonyl (C=O) groups is 1. The third-order valence-electron chi connectivity index (χ3n) is 2.50. The summed E-state index contributed by atoms with van der Waals surface area (Å²) in [4.78, 5) is 12.7. The average molecular weight is 267 g/mol. The van der Waals surface area contributed by atoms with Crippen molar-refractivity contribution in [2.45, 2.75) is 13.5 Å². The van der Waals surface area contributed by atoms with Gasteiger partial charge in [0.25, 0.3) is 5.91 Å². The van der Waals surface area contributed by atoms with Crippen molar-refractivity contribution < 1.29 is 13.6 Å². The van der Waals surface area contributed by atoms with Crippen molar-refractivity contribution in [3.05, 3.63) is 57.3 Å². The highest BCUT2D eigenvalue weighted by Gasteiger charge is 2.09. The maximum absolute atomic E-state index is 12.9. The van der Waals surface area contributed by atoms with E-state index >= 15 is 0 Å². The fourth-order valence-corrected chi connectivity index (χ4v) is 2.38. The van der Waals surface area contributed by atoms with E-state index in [1.807, 2.05) is 18.4 Å². The fourth-order valence-electron chi connectivity index (χ4n) is 1.53. The first kappa shape index (κ1) is 12.7. The number of benzene rings is 1. The summed E-state index contributed by atoms with van der Waals surface area (Å²) in [6, 6.07) is 4.72. The Morgan fingerprint density at radius 3 is 2.50 bits per heavy atom. The van der Waals surface area contributed by atoms with Crippen LogP contribution in [0.25, 0.3) is 0 Å². The van der Waals surface area contributed by atoms with Crippen LogP contribution in [0.5, 0.6) is 0 Å². The van der Waals surface area contributed by atoms with Gasteiger partial charge in [0.2, 0.25) is 0 Å². The lowest BCUT2D eigenvalue weighted by Crippen LogP contribution is -2.22. The number of hydrogen-bond acceptors (Lipinski definition) is 2. The summed E-state index contributed by atoms with van der Waals surface area (Å²) < 4.78 is 25.9. The van der Waals surface area contributed by atoms with E-state index in [0.717, 1.165) is 28.6 Å². The van der Waals surface area contributed by atoms with Crippen molar-refractivity contribution in [1.29, 1.82) is 0 Å². The predicted molar refractivity (Wildman–Crippen MR) is 66.6 cm³/mol. The molecule has 18 heavy (non-hydrogen) atoms. The molecule has 2 aromatic rings. The molecule has 1 amide bonds. The molecular weight excluding hydrogens is 256 g/mol. The standard InChI is InChI=1S/C13H11F2NOS/c1-8-2-3-18-12(8)7-16-13(17)9-4-10(14)6-11(15)5-9/h2-6H,7H2,1H3,(H,16,17). The molecule has 0 aliphatic heterocycles. The maximum Gasteiger partial charge on any atom is 0.251 e. The van der Waals surface area contributed by atoms with Gasteiger partial charge >= 0.3 is 0 Å². The zero-order valence-electron chi connectivity index (χ0n) is 9.67. The number of halogens is 2. The SMILES string of the molecule is Cc1ccsc1CNC(=O)c1cc(F)cc(F)c1. The van der Waals surface area contributed by atoms with Crippen LogP contribution in [0, 0.1) is 18.6 Å². The van der Waals surface area contributed by atoms with Crippen LogP contribution in [0.4, 0.5) is 8.78 Å². The van der Waals surface area contributed by atoms with Gasteiger partial charge in [-0.25, -0.2) is 8.78 Å². The molecule has 1 aromatic carbocycles. The Labute approximate surface area is 107 Å². The van der Waals surface area contributed by atoms with Crippen LogP contribution < -0.4 is 5.32 Å². The van der Waals surface area contributed by atoms with E-state index in [4.69, 9.17) is 0 Å². The zero-order chi connectivity index (χ0) is 13.1. The Morgan fingerprint density at radius 2 is 1.94 bits per heavy atom. The smallest absolute Gasteiger partial charge is 0.251 e. The Kier molecular flexibility index (Phi) is 3.72. The highest BCUT2D eigenvalue weighted by molar-refractivity contribution is 7.10. The Hall–Kier alpha value is -1.75. The zero-order valence-corrected chi connectivity index (χ0v) is 10.5. The van der Waals surface area contributed by atoms with Gasteiger partial charge < -0.3 is 5.32 Å². The summed E-state index contributed by atoms with van der Waals surface area (Å²) in [7, 11) is 0. The Morgan fingerprint density at radius 1 is 1.28 bits per heavy atom. The summed E-state index contributed by atoms with van der Waals surface area (Å²) in [6.45, 7) is 2.31. The van der Waals surface area contributed by atoms with Gasteiger partial charge in [0, 0.05) is 16.5 Å². The molecule has 0 saturated heterocycles. The first-order chi connectivity index (χ1) is 8.56. The molecule has 5 heteroatoms. The van der Waals surface area contributed by atoms with Gasteiger partial charge in [0.05, 0.1) is 6.54 Å². The van der Waals surface area contributed by atoms with Crippen LogP contribution in [-0.2, 0) is 6.54 Å². The molecule has 1 heterocycles. The third kappa shape index (κ3) is 2.92. The van der Waals surface area contributed by atoms with Crippen molar-refractivity contribution in [1.82, 2.24) is 5.32 Å². The van der Waals surface area contributed by atoms with Gasteiger partial charge in [-0.3, -0.25) is 4.79 Å². The third-order valence-corrected chi connectivity index (χ3v) is 3.53. The number of nitrogens with one attached hydrogen (secondary N) is 1. The molecule has 0 saturated carbocycles. The summed E-state index contributed by atoms with van der Waals surface area (Å²) >= 11 is 1.53. The minimum atomic E-state index is -0.757. The van der Waals surface area contributed by atoms with Crippen molar-refractivity contribution in [3.63, 3.8) is 0 Å². The summed E-state index contributed by atoms with van der Waals surface area (Å²) in [5, 5.41) is 4.56. The second-order valence-electron chi connectivity index (χ2n) is 3.87. The molecule has 0 atom stereocenters. The van der Waals surface area contributed by atoms with Crippen LogP contribution in [0.2, 0.25) is 0 Å². The lowest BCUT2D eigenvalue weighted by Gasteiger charge is -2.05. The average Bonchev–Trinajstić information content (AvgIpc) is 2.70. The van der Waals surface area contributed by atoms with Crippen LogP contribution in [0.1, 0.15) is 20.8 Å². The molecule has 0 radical (unpaired) electrons. The molecule has 0 aliphatic carbocycles. The monoisotopic (exact) mass is 267 g/mol. The first-order valence-electron chi connectivity index (χ1n) is 5.33. The molecule has 1 N–H and O–H groups in total. The van der Waals surface area contributed by atoms with Gasteiger partial charge in [-0.15, -0.1) is 11.3 Å². The minimum absolute atomic E-state index is 0.0123. The Balaban J connectivity index is 2.06. The van der Waals surface area contributed by atoms with Crippen molar-refractivity contribution >= 4 is 17.2 Å². The molecular formula is C13H11F2NOS. The number of thiophene rings is 1. The van der Waals surface area contributed by atoms with E-state index in [0.29, 0.717) is 6.54 Å². The molecule has 0 unspecified atom stereocenters. The van der Waals surface area contributed by atoms with Crippen LogP contribution in [0.15, 0.2) is 29.6 Å². The number of amides is 1. The van der Waals surface area contributed by atoms with Crippen molar-refractivity contribution in [2.24, 2.45) is 0 Å². The molecule has 0 bridgehead atoms. The molecule has 0 aliphatic rings. The van der Waals surface area contributed by atoms with E-state index in [1.165, 1.54) is 11.3 Å². The second kappa shape index (κ2) is 5.27. The van der Waals surface area contributed by atoms with Crippen LogP contribution in [0.3, 0.4) is 0 Å². The summed E-state index contributed by atoms with van der Waals surface area (Å²) in [6.07, 6.45) is 0. The Bertz CT molecular complexity index is 560. The van der Waals surface area contributed by atoms with E-state index in [-0.39, 0.29) is 5.56 Å². The molecule has 2 rings (SSSR count). The van der Waals surface area contributed by atoms with E-state index < -0.39 is 17.5 Å². The molecule has 94 valence electrons. The van der Waals surface area contributed by atoms with Gasteiger partial charge in [-0.2, -0.15) is 0 Å². The second-order valence-corrected chi connectivity index (χ2v) is 4.87. The highest BCUT2D eigenvalue weighted by atomic mass is 32.1. The first-order valence-corrected chi connectivity index (χ1v) is 6.21. The lowest BCUT2D eigenvalue weighted by molar-refractivity contribution is 0.0950. The van der Waals surface area contributed by atoms with Gasteiger partial charge in [-0.05, 0) is 36.1 Å². The molecule has 1 aromatic heterocycles. The largest absolute Gasteiger partial charge is 0.347 e. The van der Waals surface area contributed by atoms with Gasteiger partial charge in [-0.1, -0.05) is 0 Å².